The number of nitrogens with zero attached hydrogens (tertiary/aromatic N) is 1. The van der Waals surface area contributed by atoms with Gasteiger partial charge in [-0.1, -0.05) is 13.8 Å². The lowest BCUT2D eigenvalue weighted by atomic mass is 10.1. The summed E-state index contributed by atoms with van der Waals surface area (Å²) in [4.78, 5) is 15.2. The van der Waals surface area contributed by atoms with E-state index in [1.807, 2.05) is 13.8 Å². The molecule has 1 N–H and O–H groups in total. The molecule has 0 radical (unpaired) electrons. The Morgan fingerprint density at radius 1 is 1.59 bits per heavy atom. The molecule has 1 fully saturated rings. The van der Waals surface area contributed by atoms with Crippen molar-refractivity contribution in [3.05, 3.63) is 24.0 Å². The second kappa shape index (κ2) is 4.73. The maximum Gasteiger partial charge on any atom is 0.308 e. The second-order valence-electron chi connectivity index (χ2n) is 4.86. The first-order chi connectivity index (χ1) is 8.08. The minimum atomic E-state index is -0.148. The summed E-state index contributed by atoms with van der Waals surface area (Å²) in [6, 6.07) is 1.72. The molecule has 1 aliphatic rings. The van der Waals surface area contributed by atoms with Crippen LogP contribution < -0.4 is 0 Å². The van der Waals surface area contributed by atoms with Gasteiger partial charge in [0.1, 0.15) is 5.75 Å². The summed E-state index contributed by atoms with van der Waals surface area (Å²) < 4.78 is 5.19. The van der Waals surface area contributed by atoms with E-state index < -0.39 is 0 Å². The molecule has 1 aliphatic carbocycles. The van der Waals surface area contributed by atoms with Crippen LogP contribution in [0.3, 0.4) is 0 Å². The van der Waals surface area contributed by atoms with Crippen LogP contribution in [0.25, 0.3) is 0 Å². The largest absolute Gasteiger partial charge is 0.506 e. The molecular weight excluding hydrogens is 218 g/mol. The lowest BCUT2D eigenvalue weighted by Crippen LogP contribution is -2.13. The lowest BCUT2D eigenvalue weighted by Gasteiger charge is -2.06. The highest BCUT2D eigenvalue weighted by molar-refractivity contribution is 5.71. The third-order valence-corrected chi connectivity index (χ3v) is 3.01. The predicted octanol–water partition coefficient (Wildman–Crippen LogP) is 2.09. The summed E-state index contributed by atoms with van der Waals surface area (Å²) in [5.41, 5.74) is 1.02. The molecule has 92 valence electrons. The molecule has 0 saturated heterocycles. The summed E-state index contributed by atoms with van der Waals surface area (Å²) in [5.74, 6) is 0.711. The number of hydrogen-bond acceptors (Lipinski definition) is 4. The van der Waals surface area contributed by atoms with Crippen molar-refractivity contribution in [3.8, 4) is 5.75 Å². The van der Waals surface area contributed by atoms with Gasteiger partial charge in [-0.2, -0.15) is 0 Å². The lowest BCUT2D eigenvalue weighted by molar-refractivity contribution is -0.147. The van der Waals surface area contributed by atoms with Crippen LogP contribution in [0.15, 0.2) is 18.5 Å². The average molecular weight is 235 g/mol. The fourth-order valence-electron chi connectivity index (χ4n) is 1.84. The smallest absolute Gasteiger partial charge is 0.308 e. The molecular formula is C13H17NO3. The van der Waals surface area contributed by atoms with Crippen LogP contribution >= 0.6 is 0 Å². The van der Waals surface area contributed by atoms with Crippen LogP contribution in [0.1, 0.15) is 31.7 Å². The van der Waals surface area contributed by atoms with E-state index in [1.54, 1.807) is 12.3 Å². The van der Waals surface area contributed by atoms with Crippen LogP contribution in [0, 0.1) is 11.8 Å². The Morgan fingerprint density at radius 3 is 3.00 bits per heavy atom. The molecule has 4 nitrogen and oxygen atoms in total. The van der Waals surface area contributed by atoms with Gasteiger partial charge in [0.05, 0.1) is 18.7 Å². The molecule has 0 unspecified atom stereocenters. The molecule has 1 aromatic heterocycles. The van der Waals surface area contributed by atoms with E-state index in [9.17, 15) is 9.90 Å². The number of hydrogen-bond donors (Lipinski definition) is 1. The van der Waals surface area contributed by atoms with Crippen molar-refractivity contribution in [2.75, 3.05) is 6.61 Å². The van der Waals surface area contributed by atoms with Crippen molar-refractivity contribution in [1.82, 2.24) is 4.98 Å². The fourth-order valence-corrected chi connectivity index (χ4v) is 1.84. The van der Waals surface area contributed by atoms with Crippen LogP contribution in [0.4, 0.5) is 0 Å². The van der Waals surface area contributed by atoms with Gasteiger partial charge < -0.3 is 9.84 Å². The highest BCUT2D eigenvalue weighted by Crippen LogP contribution is 2.47. The Bertz CT molecular complexity index is 417. The highest BCUT2D eigenvalue weighted by Gasteiger charge is 2.39. The molecule has 2 rings (SSSR count). The minimum absolute atomic E-state index is 0.0744. The number of carbonyl (C=O) groups is 1. The quantitative estimate of drug-likeness (QED) is 0.812. The SMILES string of the molecule is CC(C)C(=O)OC[C@H]1C[C@@H]1c1cncc(O)c1. The maximum absolute atomic E-state index is 11.3. The Kier molecular flexibility index (Phi) is 3.31. The van der Waals surface area contributed by atoms with E-state index in [2.05, 4.69) is 4.98 Å². The van der Waals surface area contributed by atoms with Gasteiger partial charge in [-0.25, -0.2) is 0 Å². The Morgan fingerprint density at radius 2 is 2.35 bits per heavy atom. The fraction of sp³-hybridized carbons (Fsp3) is 0.538. The van der Waals surface area contributed by atoms with E-state index in [-0.39, 0.29) is 17.6 Å². The summed E-state index contributed by atoms with van der Waals surface area (Å²) in [7, 11) is 0. The molecule has 0 bridgehead atoms. The monoisotopic (exact) mass is 235 g/mol. The van der Waals surface area contributed by atoms with E-state index in [0.717, 1.165) is 12.0 Å². The number of esters is 1. The average Bonchev–Trinajstić information content (AvgIpc) is 3.05. The van der Waals surface area contributed by atoms with Gasteiger partial charge in [0, 0.05) is 12.1 Å². The zero-order chi connectivity index (χ0) is 12.4. The molecule has 0 aliphatic heterocycles. The third-order valence-electron chi connectivity index (χ3n) is 3.01. The van der Waals surface area contributed by atoms with Gasteiger partial charge in [0.15, 0.2) is 0 Å². The first-order valence-corrected chi connectivity index (χ1v) is 5.88. The highest BCUT2D eigenvalue weighted by atomic mass is 16.5. The zero-order valence-electron chi connectivity index (χ0n) is 10.1. The Hall–Kier alpha value is -1.58. The first-order valence-electron chi connectivity index (χ1n) is 5.88. The van der Waals surface area contributed by atoms with Gasteiger partial charge in [0.25, 0.3) is 0 Å². The second-order valence-corrected chi connectivity index (χ2v) is 4.86. The van der Waals surface area contributed by atoms with Gasteiger partial charge in [-0.3, -0.25) is 9.78 Å². The van der Waals surface area contributed by atoms with Crippen LogP contribution in [0.5, 0.6) is 5.75 Å². The molecule has 1 saturated carbocycles. The molecule has 4 heteroatoms. The topological polar surface area (TPSA) is 59.4 Å². The predicted molar refractivity (Wildman–Crippen MR) is 62.5 cm³/mol. The van der Waals surface area contributed by atoms with Gasteiger partial charge in [0.2, 0.25) is 0 Å². The molecule has 17 heavy (non-hydrogen) atoms. The summed E-state index contributed by atoms with van der Waals surface area (Å²) in [6.07, 6.45) is 4.17. The Balaban J connectivity index is 1.83. The normalized spacial score (nSPS) is 22.5. The number of ether oxygens (including phenoxy) is 1. The van der Waals surface area contributed by atoms with Crippen LogP contribution in [0.2, 0.25) is 0 Å². The molecule has 0 amide bonds. The van der Waals surface area contributed by atoms with Gasteiger partial charge in [-0.05, 0) is 24.0 Å². The molecule has 0 aromatic carbocycles. The maximum atomic E-state index is 11.3. The number of aromatic nitrogens is 1. The number of rotatable bonds is 4. The van der Waals surface area contributed by atoms with Crippen molar-refractivity contribution >= 4 is 5.97 Å². The zero-order valence-corrected chi connectivity index (χ0v) is 10.1. The molecule has 2 atom stereocenters. The minimum Gasteiger partial charge on any atom is -0.506 e. The molecule has 1 aromatic rings. The summed E-state index contributed by atoms with van der Waals surface area (Å²) >= 11 is 0. The molecule has 1 heterocycles. The van der Waals surface area contributed by atoms with E-state index in [1.165, 1.54) is 6.20 Å². The Labute approximate surface area is 101 Å². The molecule has 0 spiro atoms. The number of pyridine rings is 1. The summed E-state index contributed by atoms with van der Waals surface area (Å²) in [5, 5.41) is 9.32. The first kappa shape index (κ1) is 11.9. The van der Waals surface area contributed by atoms with Crippen LogP contribution in [-0.4, -0.2) is 22.7 Å². The van der Waals surface area contributed by atoms with Crippen molar-refractivity contribution in [2.45, 2.75) is 26.2 Å². The number of carbonyl (C=O) groups excluding carboxylic acids is 1. The van der Waals surface area contributed by atoms with E-state index in [4.69, 9.17) is 4.74 Å². The third kappa shape index (κ3) is 2.96. The van der Waals surface area contributed by atoms with Crippen molar-refractivity contribution in [3.63, 3.8) is 0 Å². The van der Waals surface area contributed by atoms with E-state index >= 15 is 0 Å². The van der Waals surface area contributed by atoms with Gasteiger partial charge >= 0.3 is 5.97 Å². The van der Waals surface area contributed by atoms with Gasteiger partial charge in [-0.15, -0.1) is 0 Å². The summed E-state index contributed by atoms with van der Waals surface area (Å²) in [6.45, 7) is 4.12. The van der Waals surface area contributed by atoms with Crippen LogP contribution in [-0.2, 0) is 9.53 Å². The number of aromatic hydroxyl groups is 1. The van der Waals surface area contributed by atoms with E-state index in [0.29, 0.717) is 18.4 Å². The van der Waals surface area contributed by atoms with Crippen molar-refractivity contribution in [2.24, 2.45) is 11.8 Å². The standard InChI is InChI=1S/C13H17NO3/c1-8(2)13(16)17-7-10-4-12(10)9-3-11(15)6-14-5-9/h3,5-6,8,10,12,15H,4,7H2,1-2H3/t10-,12-/m1/s1. The van der Waals surface area contributed by atoms with Crippen molar-refractivity contribution < 1.29 is 14.6 Å². The van der Waals surface area contributed by atoms with Crippen molar-refractivity contribution in [1.29, 1.82) is 0 Å².